The van der Waals surface area contributed by atoms with Gasteiger partial charge in [-0.25, -0.2) is 4.39 Å². The second-order valence-electron chi connectivity index (χ2n) is 5.62. The average Bonchev–Trinajstić information content (AvgIpc) is 2.55. The summed E-state index contributed by atoms with van der Waals surface area (Å²) in [5.41, 5.74) is 1.95. The molecule has 0 aliphatic rings. The van der Waals surface area contributed by atoms with Crippen LogP contribution in [-0.2, 0) is 6.54 Å². The van der Waals surface area contributed by atoms with Crippen molar-refractivity contribution in [2.24, 2.45) is 0 Å². The summed E-state index contributed by atoms with van der Waals surface area (Å²) in [6, 6.07) is 13.3. The van der Waals surface area contributed by atoms with Gasteiger partial charge < -0.3 is 14.4 Å². The topological polar surface area (TPSA) is 21.7 Å². The SMILES string of the molecule is CCOc1ccc(CN(c2cccc(OC)c2)C(C)C)cc1F. The lowest BCUT2D eigenvalue weighted by molar-refractivity contribution is 0.321. The van der Waals surface area contributed by atoms with Crippen LogP contribution in [0.1, 0.15) is 26.3 Å². The Bertz CT molecular complexity index is 643. The van der Waals surface area contributed by atoms with Crippen LogP contribution in [0.4, 0.5) is 10.1 Å². The molecule has 0 fully saturated rings. The largest absolute Gasteiger partial charge is 0.497 e. The summed E-state index contributed by atoms with van der Waals surface area (Å²) >= 11 is 0. The molecule has 0 amide bonds. The molecule has 23 heavy (non-hydrogen) atoms. The van der Waals surface area contributed by atoms with E-state index in [0.29, 0.717) is 18.9 Å². The molecule has 0 N–H and O–H groups in total. The third-order valence-electron chi connectivity index (χ3n) is 3.66. The van der Waals surface area contributed by atoms with Crippen molar-refractivity contribution in [2.45, 2.75) is 33.4 Å². The van der Waals surface area contributed by atoms with Crippen LogP contribution < -0.4 is 14.4 Å². The normalized spacial score (nSPS) is 10.7. The van der Waals surface area contributed by atoms with Crippen molar-refractivity contribution < 1.29 is 13.9 Å². The summed E-state index contributed by atoms with van der Waals surface area (Å²) < 4.78 is 24.6. The molecular weight excluding hydrogens is 293 g/mol. The second-order valence-corrected chi connectivity index (χ2v) is 5.62. The zero-order chi connectivity index (χ0) is 16.8. The van der Waals surface area contributed by atoms with Crippen LogP contribution in [0.5, 0.6) is 11.5 Å². The fourth-order valence-corrected chi connectivity index (χ4v) is 2.47. The van der Waals surface area contributed by atoms with Crippen LogP contribution in [0.3, 0.4) is 0 Å². The molecule has 0 spiro atoms. The van der Waals surface area contributed by atoms with E-state index in [1.54, 1.807) is 19.2 Å². The molecule has 0 saturated heterocycles. The molecule has 0 bridgehead atoms. The van der Waals surface area contributed by atoms with E-state index in [9.17, 15) is 4.39 Å². The van der Waals surface area contributed by atoms with Crippen LogP contribution >= 0.6 is 0 Å². The molecule has 0 aromatic heterocycles. The Morgan fingerprint density at radius 1 is 1.13 bits per heavy atom. The monoisotopic (exact) mass is 317 g/mol. The maximum atomic E-state index is 14.0. The van der Waals surface area contributed by atoms with Crippen LogP contribution in [0.25, 0.3) is 0 Å². The molecule has 2 rings (SSSR count). The number of halogens is 1. The zero-order valence-corrected chi connectivity index (χ0v) is 14.2. The summed E-state index contributed by atoms with van der Waals surface area (Å²) in [5.74, 6) is 0.790. The smallest absolute Gasteiger partial charge is 0.165 e. The predicted octanol–water partition coefficient (Wildman–Crippen LogP) is 4.65. The van der Waals surface area contributed by atoms with Crippen LogP contribution in [0, 0.1) is 5.82 Å². The minimum atomic E-state index is -0.321. The summed E-state index contributed by atoms with van der Waals surface area (Å²) in [6.45, 7) is 7.15. The summed E-state index contributed by atoms with van der Waals surface area (Å²) in [6.07, 6.45) is 0. The molecular formula is C19H24FNO2. The molecule has 0 unspecified atom stereocenters. The van der Waals surface area contributed by atoms with E-state index in [2.05, 4.69) is 18.7 Å². The standard InChI is InChI=1S/C19H24FNO2/c1-5-23-19-10-9-15(11-18(19)20)13-21(14(2)3)16-7-6-8-17(12-16)22-4/h6-12,14H,5,13H2,1-4H3. The highest BCUT2D eigenvalue weighted by atomic mass is 19.1. The van der Waals surface area contributed by atoms with Gasteiger partial charge in [0.25, 0.3) is 0 Å². The third-order valence-corrected chi connectivity index (χ3v) is 3.66. The summed E-state index contributed by atoms with van der Waals surface area (Å²) in [7, 11) is 1.65. The summed E-state index contributed by atoms with van der Waals surface area (Å²) in [5, 5.41) is 0. The molecule has 0 heterocycles. The molecule has 0 aliphatic carbocycles. The Morgan fingerprint density at radius 3 is 2.52 bits per heavy atom. The minimum Gasteiger partial charge on any atom is -0.497 e. The zero-order valence-electron chi connectivity index (χ0n) is 14.2. The highest BCUT2D eigenvalue weighted by Gasteiger charge is 2.13. The number of benzene rings is 2. The maximum Gasteiger partial charge on any atom is 0.165 e. The van der Waals surface area contributed by atoms with Crippen molar-refractivity contribution in [3.63, 3.8) is 0 Å². The van der Waals surface area contributed by atoms with Gasteiger partial charge in [0.1, 0.15) is 5.75 Å². The van der Waals surface area contributed by atoms with Gasteiger partial charge in [0.2, 0.25) is 0 Å². The molecule has 3 nitrogen and oxygen atoms in total. The van der Waals surface area contributed by atoms with Gasteiger partial charge in [0, 0.05) is 24.3 Å². The van der Waals surface area contributed by atoms with Gasteiger partial charge >= 0.3 is 0 Å². The van der Waals surface area contributed by atoms with Crippen LogP contribution in [0.15, 0.2) is 42.5 Å². The Balaban J connectivity index is 2.24. The summed E-state index contributed by atoms with van der Waals surface area (Å²) in [4.78, 5) is 2.21. The lowest BCUT2D eigenvalue weighted by Gasteiger charge is -2.29. The number of methoxy groups -OCH3 is 1. The van der Waals surface area contributed by atoms with Gasteiger partial charge in [-0.2, -0.15) is 0 Å². The molecule has 0 aliphatic heterocycles. The number of hydrogen-bond acceptors (Lipinski definition) is 3. The second kappa shape index (κ2) is 7.86. The van der Waals surface area contributed by atoms with Crippen molar-refractivity contribution in [3.05, 3.63) is 53.8 Å². The quantitative estimate of drug-likeness (QED) is 0.742. The average molecular weight is 317 g/mol. The van der Waals surface area contributed by atoms with E-state index in [0.717, 1.165) is 17.0 Å². The fourth-order valence-electron chi connectivity index (χ4n) is 2.47. The number of nitrogens with zero attached hydrogens (tertiary/aromatic N) is 1. The molecule has 0 radical (unpaired) electrons. The Morgan fingerprint density at radius 2 is 1.91 bits per heavy atom. The highest BCUT2D eigenvalue weighted by Crippen LogP contribution is 2.26. The van der Waals surface area contributed by atoms with Crippen molar-refractivity contribution in [1.82, 2.24) is 0 Å². The van der Waals surface area contributed by atoms with Gasteiger partial charge in [0.15, 0.2) is 11.6 Å². The van der Waals surface area contributed by atoms with Gasteiger partial charge in [-0.3, -0.25) is 0 Å². The Kier molecular flexibility index (Phi) is 5.85. The van der Waals surface area contributed by atoms with Crippen molar-refractivity contribution in [2.75, 3.05) is 18.6 Å². The molecule has 124 valence electrons. The molecule has 2 aromatic carbocycles. The first-order chi connectivity index (χ1) is 11.0. The number of rotatable bonds is 7. The first kappa shape index (κ1) is 17.1. The lowest BCUT2D eigenvalue weighted by atomic mass is 10.1. The Labute approximate surface area is 137 Å². The van der Waals surface area contributed by atoms with E-state index in [1.807, 2.05) is 37.3 Å². The van der Waals surface area contributed by atoms with Gasteiger partial charge in [0.05, 0.1) is 13.7 Å². The molecule has 4 heteroatoms. The van der Waals surface area contributed by atoms with Gasteiger partial charge in [-0.15, -0.1) is 0 Å². The predicted molar refractivity (Wildman–Crippen MR) is 91.9 cm³/mol. The number of ether oxygens (including phenoxy) is 2. The van der Waals surface area contributed by atoms with E-state index >= 15 is 0 Å². The van der Waals surface area contributed by atoms with E-state index in [4.69, 9.17) is 9.47 Å². The van der Waals surface area contributed by atoms with Crippen molar-refractivity contribution >= 4 is 5.69 Å². The van der Waals surface area contributed by atoms with E-state index in [1.165, 1.54) is 0 Å². The fraction of sp³-hybridized carbons (Fsp3) is 0.368. The van der Waals surface area contributed by atoms with Crippen molar-refractivity contribution in [1.29, 1.82) is 0 Å². The molecule has 0 atom stereocenters. The lowest BCUT2D eigenvalue weighted by Crippen LogP contribution is -2.30. The third kappa shape index (κ3) is 4.38. The van der Waals surface area contributed by atoms with Crippen LogP contribution in [-0.4, -0.2) is 19.8 Å². The van der Waals surface area contributed by atoms with E-state index in [-0.39, 0.29) is 11.9 Å². The number of hydrogen-bond donors (Lipinski definition) is 0. The van der Waals surface area contributed by atoms with Crippen molar-refractivity contribution in [3.8, 4) is 11.5 Å². The van der Waals surface area contributed by atoms with Gasteiger partial charge in [-0.1, -0.05) is 12.1 Å². The maximum absolute atomic E-state index is 14.0. The minimum absolute atomic E-state index is 0.275. The highest BCUT2D eigenvalue weighted by molar-refractivity contribution is 5.52. The van der Waals surface area contributed by atoms with E-state index < -0.39 is 0 Å². The number of anilines is 1. The van der Waals surface area contributed by atoms with Gasteiger partial charge in [-0.05, 0) is 50.6 Å². The molecule has 0 saturated carbocycles. The van der Waals surface area contributed by atoms with Crippen LogP contribution in [0.2, 0.25) is 0 Å². The first-order valence-corrected chi connectivity index (χ1v) is 7.87. The first-order valence-electron chi connectivity index (χ1n) is 7.87. The molecule has 2 aromatic rings. The Hall–Kier alpha value is -2.23.